The molecule has 5 heteroatoms. The normalized spacial score (nSPS) is 16.0. The van der Waals surface area contributed by atoms with Crippen molar-refractivity contribution in [3.63, 3.8) is 0 Å². The molecule has 0 radical (unpaired) electrons. The minimum atomic E-state index is -0.215. The van der Waals surface area contributed by atoms with Gasteiger partial charge in [-0.3, -0.25) is 9.69 Å². The molecule has 1 aliphatic heterocycles. The average Bonchev–Trinajstić information content (AvgIpc) is 2.96. The van der Waals surface area contributed by atoms with E-state index in [1.54, 1.807) is 24.3 Å². The van der Waals surface area contributed by atoms with Crippen molar-refractivity contribution in [3.05, 3.63) is 59.3 Å². The van der Waals surface area contributed by atoms with Crippen molar-refractivity contribution >= 4 is 5.91 Å². The molecule has 1 saturated heterocycles. The second-order valence-corrected chi connectivity index (χ2v) is 5.61. The largest absolute Gasteiger partial charge is 0.456 e. The first-order chi connectivity index (χ1) is 10.6. The Bertz CT molecular complexity index is 643. The second-order valence-electron chi connectivity index (χ2n) is 5.61. The van der Waals surface area contributed by atoms with Crippen molar-refractivity contribution in [2.45, 2.75) is 13.5 Å². The Morgan fingerprint density at radius 3 is 2.36 bits per heavy atom. The topological polar surface area (TPSA) is 36.7 Å². The number of hydrogen-bond acceptors (Lipinski definition) is 3. The minimum absolute atomic E-state index is 0.0467. The molecule has 0 aliphatic carbocycles. The van der Waals surface area contributed by atoms with Crippen molar-refractivity contribution in [2.24, 2.45) is 0 Å². The van der Waals surface area contributed by atoms with E-state index in [-0.39, 0.29) is 11.7 Å². The molecule has 4 nitrogen and oxygen atoms in total. The summed E-state index contributed by atoms with van der Waals surface area (Å²) >= 11 is 0. The van der Waals surface area contributed by atoms with Crippen LogP contribution < -0.4 is 0 Å². The molecule has 0 unspecified atom stereocenters. The fourth-order valence-electron chi connectivity index (χ4n) is 2.66. The summed E-state index contributed by atoms with van der Waals surface area (Å²) in [5.41, 5.74) is 1.09. The highest BCUT2D eigenvalue weighted by atomic mass is 19.1. The van der Waals surface area contributed by atoms with E-state index in [4.69, 9.17) is 4.42 Å². The van der Waals surface area contributed by atoms with Crippen LogP contribution in [0.3, 0.4) is 0 Å². The van der Waals surface area contributed by atoms with E-state index >= 15 is 0 Å². The number of carbonyl (C=O) groups is 1. The molecule has 1 fully saturated rings. The Balaban J connectivity index is 1.54. The Hall–Kier alpha value is -2.14. The van der Waals surface area contributed by atoms with E-state index in [2.05, 4.69) is 4.90 Å². The van der Waals surface area contributed by atoms with E-state index < -0.39 is 0 Å². The van der Waals surface area contributed by atoms with Crippen LogP contribution in [0, 0.1) is 12.7 Å². The van der Waals surface area contributed by atoms with Crippen molar-refractivity contribution in [3.8, 4) is 0 Å². The molecule has 0 saturated carbocycles. The van der Waals surface area contributed by atoms with Crippen molar-refractivity contribution in [1.82, 2.24) is 9.80 Å². The number of furan rings is 1. The summed E-state index contributed by atoms with van der Waals surface area (Å²) in [5.74, 6) is 0.894. The predicted molar refractivity (Wildman–Crippen MR) is 81.0 cm³/mol. The molecule has 1 aromatic heterocycles. The first-order valence-corrected chi connectivity index (χ1v) is 7.44. The quantitative estimate of drug-likeness (QED) is 0.874. The predicted octanol–water partition coefficient (Wildman–Crippen LogP) is 2.69. The third kappa shape index (κ3) is 3.36. The highest BCUT2D eigenvalue weighted by Crippen LogP contribution is 2.14. The smallest absolute Gasteiger partial charge is 0.289 e. The van der Waals surface area contributed by atoms with Crippen LogP contribution in [0.25, 0.3) is 0 Å². The minimum Gasteiger partial charge on any atom is -0.456 e. The number of hydrogen-bond donors (Lipinski definition) is 0. The van der Waals surface area contributed by atoms with Crippen molar-refractivity contribution in [2.75, 3.05) is 26.2 Å². The zero-order valence-electron chi connectivity index (χ0n) is 12.6. The average molecular weight is 302 g/mol. The molecule has 2 heterocycles. The number of halogens is 1. The summed E-state index contributed by atoms with van der Waals surface area (Å²) in [6, 6.07) is 10.1. The molecule has 0 N–H and O–H groups in total. The van der Waals surface area contributed by atoms with Gasteiger partial charge in [-0.1, -0.05) is 12.1 Å². The number of benzene rings is 1. The van der Waals surface area contributed by atoms with Gasteiger partial charge in [0.05, 0.1) is 0 Å². The van der Waals surface area contributed by atoms with Gasteiger partial charge in [-0.15, -0.1) is 0 Å². The summed E-state index contributed by atoms with van der Waals surface area (Å²) in [4.78, 5) is 16.4. The molecule has 0 bridgehead atoms. The molecular formula is C17H19FN2O2. The zero-order chi connectivity index (χ0) is 15.5. The Morgan fingerprint density at radius 1 is 1.09 bits per heavy atom. The molecule has 22 heavy (non-hydrogen) atoms. The van der Waals surface area contributed by atoms with Crippen LogP contribution in [0.2, 0.25) is 0 Å². The lowest BCUT2D eigenvalue weighted by atomic mass is 10.2. The van der Waals surface area contributed by atoms with E-state index in [1.165, 1.54) is 12.1 Å². The van der Waals surface area contributed by atoms with Gasteiger partial charge in [-0.25, -0.2) is 4.39 Å². The summed E-state index contributed by atoms with van der Waals surface area (Å²) < 4.78 is 18.3. The number of aryl methyl sites for hydroxylation is 1. The first kappa shape index (κ1) is 14.8. The zero-order valence-corrected chi connectivity index (χ0v) is 12.6. The van der Waals surface area contributed by atoms with E-state index in [0.29, 0.717) is 18.8 Å². The maximum Gasteiger partial charge on any atom is 0.289 e. The summed E-state index contributed by atoms with van der Waals surface area (Å²) in [6.45, 7) is 5.59. The fourth-order valence-corrected chi connectivity index (χ4v) is 2.66. The molecule has 116 valence electrons. The monoisotopic (exact) mass is 302 g/mol. The Kier molecular flexibility index (Phi) is 4.24. The van der Waals surface area contributed by atoms with Crippen LogP contribution in [0.15, 0.2) is 40.8 Å². The van der Waals surface area contributed by atoms with Crippen LogP contribution in [0.1, 0.15) is 21.9 Å². The molecule has 3 rings (SSSR count). The van der Waals surface area contributed by atoms with Gasteiger partial charge in [0.25, 0.3) is 5.91 Å². The number of piperazine rings is 1. The van der Waals surface area contributed by atoms with Gasteiger partial charge in [0.1, 0.15) is 11.6 Å². The van der Waals surface area contributed by atoms with Crippen molar-refractivity contribution in [1.29, 1.82) is 0 Å². The lowest BCUT2D eigenvalue weighted by Gasteiger charge is -2.34. The van der Waals surface area contributed by atoms with Crippen LogP contribution >= 0.6 is 0 Å². The van der Waals surface area contributed by atoms with Crippen LogP contribution in [-0.2, 0) is 6.54 Å². The fraction of sp³-hybridized carbons (Fsp3) is 0.353. The molecule has 0 spiro atoms. The van der Waals surface area contributed by atoms with Gasteiger partial charge in [0, 0.05) is 32.7 Å². The second kappa shape index (κ2) is 6.32. The van der Waals surface area contributed by atoms with Crippen LogP contribution in [0.4, 0.5) is 4.39 Å². The number of rotatable bonds is 3. The summed E-state index contributed by atoms with van der Waals surface area (Å²) in [7, 11) is 0. The number of nitrogens with zero attached hydrogens (tertiary/aromatic N) is 2. The summed E-state index contributed by atoms with van der Waals surface area (Å²) in [6.07, 6.45) is 0. The molecule has 0 atom stereocenters. The standard InChI is InChI=1S/C17H19FN2O2/c1-13-2-7-16(22-13)17(21)20-10-8-19(9-11-20)12-14-3-5-15(18)6-4-14/h2-7H,8-12H2,1H3. The molecular weight excluding hydrogens is 283 g/mol. The van der Waals surface area contributed by atoms with Gasteiger partial charge in [0.15, 0.2) is 5.76 Å². The van der Waals surface area contributed by atoms with Gasteiger partial charge in [-0.2, -0.15) is 0 Å². The number of amides is 1. The van der Waals surface area contributed by atoms with Gasteiger partial charge < -0.3 is 9.32 Å². The maximum atomic E-state index is 12.9. The SMILES string of the molecule is Cc1ccc(C(=O)N2CCN(Cc3ccc(F)cc3)CC2)o1. The van der Waals surface area contributed by atoms with Gasteiger partial charge in [0.2, 0.25) is 0 Å². The van der Waals surface area contributed by atoms with Crippen molar-refractivity contribution < 1.29 is 13.6 Å². The molecule has 1 aliphatic rings. The van der Waals surface area contributed by atoms with Gasteiger partial charge >= 0.3 is 0 Å². The lowest BCUT2D eigenvalue weighted by molar-refractivity contribution is 0.0596. The molecule has 1 aromatic carbocycles. The molecule has 1 amide bonds. The summed E-state index contributed by atoms with van der Waals surface area (Å²) in [5, 5.41) is 0. The van der Waals surface area contributed by atoms with E-state index in [1.807, 2.05) is 11.8 Å². The van der Waals surface area contributed by atoms with Crippen LogP contribution in [-0.4, -0.2) is 41.9 Å². The third-order valence-corrected chi connectivity index (χ3v) is 3.93. The number of carbonyl (C=O) groups excluding carboxylic acids is 1. The third-order valence-electron chi connectivity index (χ3n) is 3.93. The van der Waals surface area contributed by atoms with E-state index in [9.17, 15) is 9.18 Å². The highest BCUT2D eigenvalue weighted by molar-refractivity contribution is 5.91. The Morgan fingerprint density at radius 2 is 1.77 bits per heavy atom. The van der Waals surface area contributed by atoms with Crippen LogP contribution in [0.5, 0.6) is 0 Å². The maximum absolute atomic E-state index is 12.9. The highest BCUT2D eigenvalue weighted by Gasteiger charge is 2.23. The first-order valence-electron chi connectivity index (χ1n) is 7.44. The molecule has 2 aromatic rings. The van der Waals surface area contributed by atoms with Gasteiger partial charge in [-0.05, 0) is 36.8 Å². The Labute approximate surface area is 129 Å². The van der Waals surface area contributed by atoms with E-state index in [0.717, 1.165) is 31.0 Å². The lowest BCUT2D eigenvalue weighted by Crippen LogP contribution is -2.48.